The lowest BCUT2D eigenvalue weighted by Crippen LogP contribution is -2.52. The predicted octanol–water partition coefficient (Wildman–Crippen LogP) is 0.639. The minimum Gasteiger partial charge on any atom is -0.480 e. The Morgan fingerprint density at radius 1 is 1.25 bits per heavy atom. The second-order valence-electron chi connectivity index (χ2n) is 5.39. The number of carboxylic acids is 1. The molecule has 0 saturated carbocycles. The van der Waals surface area contributed by atoms with Gasteiger partial charge in [-0.3, -0.25) is 4.79 Å². The molecule has 0 radical (unpaired) electrons. The molecule has 0 aliphatic rings. The molecule has 0 fully saturated rings. The second kappa shape index (κ2) is 8.39. The van der Waals surface area contributed by atoms with E-state index in [4.69, 9.17) is 10.8 Å². The van der Waals surface area contributed by atoms with E-state index in [1.54, 1.807) is 6.92 Å². The van der Waals surface area contributed by atoms with Crippen LogP contribution in [0.1, 0.15) is 34.1 Å². The van der Waals surface area contributed by atoms with Gasteiger partial charge in [0.1, 0.15) is 12.6 Å². The number of carbonyl (C=O) groups is 3. The van der Waals surface area contributed by atoms with Crippen molar-refractivity contribution >= 4 is 17.9 Å². The van der Waals surface area contributed by atoms with Crippen LogP contribution in [0, 0.1) is 11.8 Å². The van der Waals surface area contributed by atoms with Gasteiger partial charge in [0.2, 0.25) is 5.91 Å². The van der Waals surface area contributed by atoms with Gasteiger partial charge in [-0.15, -0.1) is 0 Å². The molecule has 0 bridgehead atoms. The number of nitrogens with two attached hydrogens (primary N) is 1. The fraction of sp³-hybridized carbons (Fsp3) is 0.769. The normalized spacial score (nSPS) is 13.7. The number of nitrogens with zero attached hydrogens (tertiary/aromatic N) is 1. The third-order valence-electron chi connectivity index (χ3n) is 2.98. The van der Waals surface area contributed by atoms with Crippen LogP contribution >= 0.6 is 0 Å². The zero-order valence-electron chi connectivity index (χ0n) is 12.5. The molecule has 0 rings (SSSR count). The third kappa shape index (κ3) is 6.40. The van der Waals surface area contributed by atoms with E-state index in [1.165, 1.54) is 4.90 Å². The minimum atomic E-state index is -1.09. The quantitative estimate of drug-likeness (QED) is 0.608. The molecule has 0 aliphatic carbocycles. The first-order valence-electron chi connectivity index (χ1n) is 6.75. The molecule has 2 atom stereocenters. The molecule has 1 unspecified atom stereocenters. The summed E-state index contributed by atoms with van der Waals surface area (Å²) < 4.78 is 0. The van der Waals surface area contributed by atoms with Crippen LogP contribution in [0.25, 0.3) is 0 Å². The van der Waals surface area contributed by atoms with Gasteiger partial charge in [-0.25, -0.2) is 9.59 Å². The lowest BCUT2D eigenvalue weighted by molar-refractivity contribution is -0.140. The van der Waals surface area contributed by atoms with E-state index in [0.717, 1.165) is 0 Å². The molecule has 0 aromatic carbocycles. The van der Waals surface area contributed by atoms with Gasteiger partial charge >= 0.3 is 12.0 Å². The number of hydrogen-bond donors (Lipinski definition) is 3. The van der Waals surface area contributed by atoms with Crippen molar-refractivity contribution in [1.29, 1.82) is 0 Å². The first kappa shape index (κ1) is 18.2. The number of amides is 3. The highest BCUT2D eigenvalue weighted by Crippen LogP contribution is 2.09. The van der Waals surface area contributed by atoms with Crippen LogP contribution in [-0.4, -0.2) is 47.0 Å². The fourth-order valence-electron chi connectivity index (χ4n) is 1.76. The van der Waals surface area contributed by atoms with E-state index in [1.807, 2.05) is 20.8 Å². The number of primary amides is 1. The van der Waals surface area contributed by atoms with Crippen LogP contribution in [0.5, 0.6) is 0 Å². The summed E-state index contributed by atoms with van der Waals surface area (Å²) in [7, 11) is 0. The zero-order chi connectivity index (χ0) is 15.9. The summed E-state index contributed by atoms with van der Waals surface area (Å²) in [5.41, 5.74) is 5.11. The van der Waals surface area contributed by atoms with Crippen molar-refractivity contribution in [3.63, 3.8) is 0 Å². The van der Waals surface area contributed by atoms with Crippen LogP contribution in [0.3, 0.4) is 0 Å². The molecule has 4 N–H and O–H groups in total. The van der Waals surface area contributed by atoms with Crippen molar-refractivity contribution in [3.8, 4) is 0 Å². The van der Waals surface area contributed by atoms with Crippen LogP contribution in [0.2, 0.25) is 0 Å². The molecule has 0 aromatic rings. The SMILES string of the molecule is CCC(C)[C@H](NC(=O)N(CC(N)=O)CC(C)C)C(=O)O. The summed E-state index contributed by atoms with van der Waals surface area (Å²) >= 11 is 0. The van der Waals surface area contributed by atoms with Crippen LogP contribution < -0.4 is 11.1 Å². The van der Waals surface area contributed by atoms with Crippen molar-refractivity contribution in [2.45, 2.75) is 40.2 Å². The van der Waals surface area contributed by atoms with Gasteiger partial charge in [-0.05, 0) is 11.8 Å². The van der Waals surface area contributed by atoms with Crippen molar-refractivity contribution in [2.75, 3.05) is 13.1 Å². The molecular formula is C13H25N3O4. The molecule has 3 amide bonds. The van der Waals surface area contributed by atoms with Gasteiger partial charge in [0.15, 0.2) is 0 Å². The summed E-state index contributed by atoms with van der Waals surface area (Å²) in [4.78, 5) is 35.5. The van der Waals surface area contributed by atoms with Gasteiger partial charge in [0.25, 0.3) is 0 Å². The molecular weight excluding hydrogens is 262 g/mol. The van der Waals surface area contributed by atoms with Gasteiger partial charge < -0.3 is 21.1 Å². The summed E-state index contributed by atoms with van der Waals surface area (Å²) in [6.45, 7) is 7.50. The summed E-state index contributed by atoms with van der Waals surface area (Å²) in [6.07, 6.45) is 0.622. The highest BCUT2D eigenvalue weighted by Gasteiger charge is 2.28. The van der Waals surface area contributed by atoms with Crippen LogP contribution in [-0.2, 0) is 9.59 Å². The third-order valence-corrected chi connectivity index (χ3v) is 2.98. The van der Waals surface area contributed by atoms with E-state index < -0.39 is 23.9 Å². The van der Waals surface area contributed by atoms with Crippen molar-refractivity contribution in [1.82, 2.24) is 10.2 Å². The number of nitrogens with one attached hydrogen (secondary N) is 1. The maximum atomic E-state index is 12.1. The smallest absolute Gasteiger partial charge is 0.326 e. The number of carbonyl (C=O) groups excluding carboxylic acids is 2. The van der Waals surface area contributed by atoms with Gasteiger partial charge in [-0.2, -0.15) is 0 Å². The molecule has 116 valence electrons. The van der Waals surface area contributed by atoms with Crippen molar-refractivity contribution in [3.05, 3.63) is 0 Å². The Balaban J connectivity index is 4.86. The Hall–Kier alpha value is -1.79. The first-order valence-corrected chi connectivity index (χ1v) is 6.75. The summed E-state index contributed by atoms with van der Waals surface area (Å²) in [6, 6.07) is -1.56. The minimum absolute atomic E-state index is 0.145. The van der Waals surface area contributed by atoms with E-state index in [0.29, 0.717) is 13.0 Å². The Morgan fingerprint density at radius 2 is 1.80 bits per heavy atom. The molecule has 20 heavy (non-hydrogen) atoms. The van der Waals surface area contributed by atoms with Gasteiger partial charge in [0.05, 0.1) is 0 Å². The highest BCUT2D eigenvalue weighted by atomic mass is 16.4. The topological polar surface area (TPSA) is 113 Å². The molecule has 7 heteroatoms. The van der Waals surface area contributed by atoms with Crippen molar-refractivity contribution in [2.24, 2.45) is 17.6 Å². The molecule has 0 heterocycles. The maximum Gasteiger partial charge on any atom is 0.326 e. The Labute approximate surface area is 119 Å². The fourth-order valence-corrected chi connectivity index (χ4v) is 1.76. The molecule has 0 aromatic heterocycles. The van der Waals surface area contributed by atoms with Crippen LogP contribution in [0.15, 0.2) is 0 Å². The number of aliphatic carboxylic acids is 1. The number of hydrogen-bond acceptors (Lipinski definition) is 3. The van der Waals surface area contributed by atoms with Crippen molar-refractivity contribution < 1.29 is 19.5 Å². The van der Waals surface area contributed by atoms with E-state index in [9.17, 15) is 14.4 Å². The molecule has 7 nitrogen and oxygen atoms in total. The zero-order valence-corrected chi connectivity index (χ0v) is 12.5. The Kier molecular flexibility index (Phi) is 7.64. The van der Waals surface area contributed by atoms with Gasteiger partial charge in [-0.1, -0.05) is 34.1 Å². The van der Waals surface area contributed by atoms with E-state index in [-0.39, 0.29) is 18.4 Å². The van der Waals surface area contributed by atoms with E-state index in [2.05, 4.69) is 5.32 Å². The Morgan fingerprint density at radius 3 is 2.15 bits per heavy atom. The number of carboxylic acid groups (broad SMARTS) is 1. The van der Waals surface area contributed by atoms with Gasteiger partial charge in [0, 0.05) is 6.54 Å². The summed E-state index contributed by atoms with van der Waals surface area (Å²) in [5, 5.41) is 11.6. The predicted molar refractivity (Wildman–Crippen MR) is 75.0 cm³/mol. The average Bonchev–Trinajstić information content (AvgIpc) is 2.32. The highest BCUT2D eigenvalue weighted by molar-refractivity contribution is 5.86. The lowest BCUT2D eigenvalue weighted by atomic mass is 9.99. The maximum absolute atomic E-state index is 12.1. The standard InChI is InChI=1S/C13H25N3O4/c1-5-9(4)11(12(18)19)15-13(20)16(6-8(2)3)7-10(14)17/h8-9,11H,5-7H2,1-4H3,(H2,14,17)(H,15,20)(H,18,19)/t9?,11-/m0/s1. The van der Waals surface area contributed by atoms with E-state index >= 15 is 0 Å². The second-order valence-corrected chi connectivity index (χ2v) is 5.39. The number of rotatable bonds is 8. The molecule has 0 aliphatic heterocycles. The largest absolute Gasteiger partial charge is 0.480 e. The lowest BCUT2D eigenvalue weighted by Gasteiger charge is -2.27. The molecule has 0 saturated heterocycles. The summed E-state index contributed by atoms with van der Waals surface area (Å²) in [5.74, 6) is -1.77. The van der Waals surface area contributed by atoms with Crippen LogP contribution in [0.4, 0.5) is 4.79 Å². The number of urea groups is 1. The first-order chi connectivity index (χ1) is 9.18. The Bertz CT molecular complexity index is 358. The average molecular weight is 287 g/mol. The molecule has 0 spiro atoms. The monoisotopic (exact) mass is 287 g/mol.